The minimum atomic E-state index is -4.53. The Morgan fingerprint density at radius 1 is 1.00 bits per heavy atom. The van der Waals surface area contributed by atoms with Crippen molar-refractivity contribution in [1.82, 2.24) is 20.9 Å². The highest BCUT2D eigenvalue weighted by Gasteiger charge is 2.34. The smallest absolute Gasteiger partial charge is 0.407 e. The number of amides is 2. The zero-order chi connectivity index (χ0) is 34.5. The molecule has 14 heteroatoms. The Morgan fingerprint density at radius 2 is 1.67 bits per heavy atom. The lowest BCUT2D eigenvalue weighted by molar-refractivity contribution is -0.124. The summed E-state index contributed by atoms with van der Waals surface area (Å²) in [7, 11) is 2.72. The molecule has 0 bridgehead atoms. The number of halogens is 3. The van der Waals surface area contributed by atoms with Crippen LogP contribution in [0.1, 0.15) is 34.6 Å². The first-order valence-corrected chi connectivity index (χ1v) is 15.4. The maximum Gasteiger partial charge on any atom is 0.407 e. The number of ketones is 1. The molecule has 4 rings (SSSR count). The largest absolute Gasteiger partial charge is 0.481 e. The van der Waals surface area contributed by atoms with Crippen molar-refractivity contribution in [3.8, 4) is 5.88 Å². The Balaban J connectivity index is 1.44. The molecule has 2 aromatic carbocycles. The van der Waals surface area contributed by atoms with E-state index >= 15 is 0 Å². The second-order valence-electron chi connectivity index (χ2n) is 11.2. The molecule has 1 fully saturated rings. The first-order valence-electron chi connectivity index (χ1n) is 15.4. The third-order valence-electron chi connectivity index (χ3n) is 7.87. The summed E-state index contributed by atoms with van der Waals surface area (Å²) in [5.74, 6) is -0.500. The number of alkyl halides is 3. The molecule has 3 N–H and O–H groups in total. The van der Waals surface area contributed by atoms with E-state index in [0.29, 0.717) is 24.9 Å². The summed E-state index contributed by atoms with van der Waals surface area (Å²) in [6, 6.07) is 19.3. The third kappa shape index (κ3) is 10.7. The fourth-order valence-corrected chi connectivity index (χ4v) is 5.50. The summed E-state index contributed by atoms with van der Waals surface area (Å²) in [4.78, 5) is 42.7. The number of Topliss-reactive ketones (excluding diaryl/α,β-unsaturated/α-hetero) is 1. The lowest BCUT2D eigenvalue weighted by Crippen LogP contribution is -2.49. The number of alkyl carbamates (subject to hydrolysis) is 2. The second-order valence-corrected chi connectivity index (χ2v) is 11.2. The van der Waals surface area contributed by atoms with Crippen molar-refractivity contribution in [1.29, 1.82) is 0 Å². The molecule has 3 aromatic rings. The van der Waals surface area contributed by atoms with Gasteiger partial charge in [0.25, 0.3) is 0 Å². The Bertz CT molecular complexity index is 1450. The van der Waals surface area contributed by atoms with E-state index in [4.69, 9.17) is 18.9 Å². The van der Waals surface area contributed by atoms with Crippen LogP contribution in [0.2, 0.25) is 0 Å². The molecule has 3 atom stereocenters. The Hall–Kier alpha value is -4.69. The number of rotatable bonds is 14. The lowest BCUT2D eigenvalue weighted by Gasteiger charge is -2.30. The van der Waals surface area contributed by atoms with Crippen LogP contribution in [0.3, 0.4) is 0 Å². The molecule has 48 heavy (non-hydrogen) atoms. The number of benzene rings is 2. The van der Waals surface area contributed by atoms with Crippen molar-refractivity contribution >= 4 is 18.0 Å². The van der Waals surface area contributed by atoms with Crippen LogP contribution in [0.5, 0.6) is 5.88 Å². The van der Waals surface area contributed by atoms with Crippen molar-refractivity contribution in [3.63, 3.8) is 0 Å². The van der Waals surface area contributed by atoms with Gasteiger partial charge in [-0.2, -0.15) is 13.2 Å². The molecule has 0 spiro atoms. The summed E-state index contributed by atoms with van der Waals surface area (Å²) in [6.07, 6.45) is -4.08. The predicted molar refractivity (Wildman–Crippen MR) is 169 cm³/mol. The fourth-order valence-electron chi connectivity index (χ4n) is 5.50. The average Bonchev–Trinajstić information content (AvgIpc) is 3.10. The third-order valence-corrected chi connectivity index (χ3v) is 7.87. The zero-order valence-electron chi connectivity index (χ0n) is 26.6. The average molecular weight is 673 g/mol. The van der Waals surface area contributed by atoms with E-state index in [-0.39, 0.29) is 43.4 Å². The summed E-state index contributed by atoms with van der Waals surface area (Å²) in [5.41, 5.74) is 3.08. The van der Waals surface area contributed by atoms with Gasteiger partial charge in [-0.25, -0.2) is 14.6 Å². The van der Waals surface area contributed by atoms with Gasteiger partial charge >= 0.3 is 18.4 Å². The molecule has 1 aliphatic rings. The molecule has 2 amide bonds. The van der Waals surface area contributed by atoms with Crippen LogP contribution in [0, 0.1) is 0 Å². The van der Waals surface area contributed by atoms with E-state index in [1.807, 2.05) is 66.7 Å². The number of pyridine rings is 1. The number of ether oxygens (including phenoxy) is 4. The topological polar surface area (TPSA) is 137 Å². The number of methoxy groups -OCH3 is 2. The number of nitrogens with zero attached hydrogens (tertiary/aromatic N) is 1. The van der Waals surface area contributed by atoms with Crippen LogP contribution in [0.15, 0.2) is 72.9 Å². The zero-order valence-corrected chi connectivity index (χ0v) is 26.6. The highest BCUT2D eigenvalue weighted by Crippen LogP contribution is 2.31. The maximum absolute atomic E-state index is 14.2. The number of morpholine rings is 1. The summed E-state index contributed by atoms with van der Waals surface area (Å²) >= 11 is 0. The molecule has 0 unspecified atom stereocenters. The van der Waals surface area contributed by atoms with Gasteiger partial charge in [-0.1, -0.05) is 60.7 Å². The van der Waals surface area contributed by atoms with Crippen molar-refractivity contribution in [3.05, 3.63) is 95.2 Å². The van der Waals surface area contributed by atoms with Crippen LogP contribution in [-0.2, 0) is 31.8 Å². The summed E-state index contributed by atoms with van der Waals surface area (Å²) < 4.78 is 58.1. The molecule has 0 aliphatic carbocycles. The van der Waals surface area contributed by atoms with Crippen LogP contribution < -0.4 is 20.7 Å². The Morgan fingerprint density at radius 3 is 2.23 bits per heavy atom. The minimum absolute atomic E-state index is 0.0865. The Kier molecular flexibility index (Phi) is 13.1. The number of hydrogen-bond acceptors (Lipinski definition) is 9. The van der Waals surface area contributed by atoms with Gasteiger partial charge < -0.3 is 34.9 Å². The highest BCUT2D eigenvalue weighted by molar-refractivity contribution is 5.91. The van der Waals surface area contributed by atoms with E-state index in [1.165, 1.54) is 14.2 Å². The summed E-state index contributed by atoms with van der Waals surface area (Å²) in [6.45, 7) is -1.03. The van der Waals surface area contributed by atoms with Gasteiger partial charge in [0.15, 0.2) is 5.78 Å². The molecule has 258 valence electrons. The predicted octanol–water partition coefficient (Wildman–Crippen LogP) is 4.34. The molecular weight excluding hydrogens is 633 g/mol. The molecule has 2 heterocycles. The number of aryl methyl sites for hydroxylation is 1. The van der Waals surface area contributed by atoms with Crippen LogP contribution in [-0.4, -0.2) is 87.8 Å². The SMILES string of the molecule is COC(=O)N[C@H](C(=O)Cc1c(CC[C@@H]2CN[C@H](COC(=O)NCC(F)(F)F)CO2)ccnc1OC)C(c1ccccc1)c1ccccc1. The molecule has 1 aliphatic heterocycles. The number of aromatic nitrogens is 1. The number of hydrogen-bond donors (Lipinski definition) is 3. The van der Waals surface area contributed by atoms with E-state index in [0.717, 1.165) is 16.7 Å². The molecule has 1 aromatic heterocycles. The van der Waals surface area contributed by atoms with E-state index in [2.05, 4.69) is 15.6 Å². The lowest BCUT2D eigenvalue weighted by atomic mass is 9.81. The van der Waals surface area contributed by atoms with Gasteiger partial charge in [0.2, 0.25) is 5.88 Å². The molecule has 0 radical (unpaired) electrons. The minimum Gasteiger partial charge on any atom is -0.481 e. The van der Waals surface area contributed by atoms with E-state index in [1.54, 1.807) is 11.5 Å². The van der Waals surface area contributed by atoms with Crippen LogP contribution in [0.4, 0.5) is 22.8 Å². The maximum atomic E-state index is 14.2. The first-order chi connectivity index (χ1) is 23.1. The van der Waals surface area contributed by atoms with E-state index in [9.17, 15) is 27.6 Å². The van der Waals surface area contributed by atoms with Gasteiger partial charge in [0.05, 0.1) is 33.0 Å². The molecule has 11 nitrogen and oxygen atoms in total. The number of carbonyl (C=O) groups excluding carboxylic acids is 3. The standard InChI is InChI=1S/C34H39F3N4O7/c1-45-31-27(17-28(42)30(41-33(44)46-2)29(23-9-5-3-6-10-23)24-11-7-4-8-12-24)22(15-16-38-31)13-14-26-18-39-25(19-47-26)20-48-32(43)40-21-34(35,36)37/h3-12,15-16,25-26,29-30,39H,13-14,17-21H2,1-2H3,(H,40,43)(H,41,44)/t25-,26+,30+/m0/s1. The second kappa shape index (κ2) is 17.5. The summed E-state index contributed by atoms with van der Waals surface area (Å²) in [5, 5.41) is 7.62. The highest BCUT2D eigenvalue weighted by atomic mass is 19.4. The van der Waals surface area contributed by atoms with Crippen molar-refractivity contribution < 1.29 is 46.5 Å². The van der Waals surface area contributed by atoms with Gasteiger partial charge in [-0.05, 0) is 35.6 Å². The molecule has 1 saturated heterocycles. The normalized spacial score (nSPS) is 16.9. The van der Waals surface area contributed by atoms with Gasteiger partial charge in [-0.15, -0.1) is 0 Å². The van der Waals surface area contributed by atoms with Gasteiger partial charge in [-0.3, -0.25) is 4.79 Å². The fraction of sp³-hybridized carbons (Fsp3) is 0.412. The monoisotopic (exact) mass is 672 g/mol. The van der Waals surface area contributed by atoms with Crippen molar-refractivity contribution in [2.45, 2.75) is 49.5 Å². The molecule has 0 saturated carbocycles. The number of nitrogens with one attached hydrogen (secondary N) is 3. The van der Waals surface area contributed by atoms with Crippen LogP contribution >= 0.6 is 0 Å². The number of carbonyl (C=O) groups is 3. The van der Waals surface area contributed by atoms with Crippen molar-refractivity contribution in [2.24, 2.45) is 0 Å². The van der Waals surface area contributed by atoms with E-state index < -0.39 is 36.9 Å². The van der Waals surface area contributed by atoms with Gasteiger partial charge in [0, 0.05) is 30.6 Å². The van der Waals surface area contributed by atoms with Crippen LogP contribution in [0.25, 0.3) is 0 Å². The van der Waals surface area contributed by atoms with Gasteiger partial charge in [0.1, 0.15) is 19.2 Å². The first kappa shape index (κ1) is 36.2. The quantitative estimate of drug-likeness (QED) is 0.229. The van der Waals surface area contributed by atoms with Crippen molar-refractivity contribution in [2.75, 3.05) is 40.5 Å². The molecular formula is C34H39F3N4O7. The Labute approximate surface area is 276 Å².